The van der Waals surface area contributed by atoms with Crippen LogP contribution in [0.15, 0.2) is 65.7 Å². The Balaban J connectivity index is 1.76. The lowest BCUT2D eigenvalue weighted by Gasteiger charge is -2.12. The van der Waals surface area contributed by atoms with Crippen molar-refractivity contribution in [1.29, 1.82) is 0 Å². The molecule has 146 valence electrons. The molecule has 0 aliphatic heterocycles. The normalized spacial score (nSPS) is 11.6. The van der Waals surface area contributed by atoms with Crippen LogP contribution in [-0.2, 0) is 16.6 Å². The molecule has 3 rings (SSSR count). The minimum absolute atomic E-state index is 0.123. The molecule has 7 nitrogen and oxygen atoms in total. The average molecular weight is 419 g/mol. The molecule has 0 aliphatic rings. The molecule has 0 aliphatic carbocycles. The van der Waals surface area contributed by atoms with Crippen LogP contribution < -0.4 is 5.32 Å². The van der Waals surface area contributed by atoms with Crippen LogP contribution >= 0.6 is 11.6 Å². The van der Waals surface area contributed by atoms with E-state index >= 15 is 0 Å². The minimum Gasteiger partial charge on any atom is -0.307 e. The van der Waals surface area contributed by atoms with Gasteiger partial charge in [0.1, 0.15) is 5.82 Å². The number of anilines is 1. The summed E-state index contributed by atoms with van der Waals surface area (Å²) in [5, 5.41) is 7.63. The maximum Gasteiger partial charge on any atom is 0.256 e. The number of carbonyl (C=O) groups excluding carboxylic acids is 1. The summed E-state index contributed by atoms with van der Waals surface area (Å²) in [6.45, 7) is 0.405. The molecule has 3 aromatic rings. The third-order valence-electron chi connectivity index (χ3n) is 4.13. The molecule has 0 bridgehead atoms. The van der Waals surface area contributed by atoms with Crippen molar-refractivity contribution in [2.75, 3.05) is 19.4 Å². The van der Waals surface area contributed by atoms with E-state index in [-0.39, 0.29) is 10.8 Å². The number of carbonyl (C=O) groups is 1. The third kappa shape index (κ3) is 4.24. The molecule has 0 fully saturated rings. The number of amides is 1. The zero-order valence-corrected chi connectivity index (χ0v) is 16.9. The fourth-order valence-corrected chi connectivity index (χ4v) is 3.63. The molecule has 28 heavy (non-hydrogen) atoms. The smallest absolute Gasteiger partial charge is 0.256 e. The number of hydrogen-bond donors (Lipinski definition) is 1. The molecule has 0 saturated carbocycles. The van der Waals surface area contributed by atoms with E-state index in [1.54, 1.807) is 23.0 Å². The number of rotatable bonds is 6. The second kappa shape index (κ2) is 8.14. The average Bonchev–Trinajstić information content (AvgIpc) is 3.10. The van der Waals surface area contributed by atoms with Crippen molar-refractivity contribution in [2.45, 2.75) is 11.4 Å². The van der Waals surface area contributed by atoms with Gasteiger partial charge in [-0.15, -0.1) is 0 Å². The van der Waals surface area contributed by atoms with Gasteiger partial charge in [0, 0.05) is 30.7 Å². The summed E-state index contributed by atoms with van der Waals surface area (Å²) in [7, 11) is -0.631. The van der Waals surface area contributed by atoms with Gasteiger partial charge in [0.2, 0.25) is 10.0 Å². The Morgan fingerprint density at radius 2 is 1.79 bits per heavy atom. The van der Waals surface area contributed by atoms with E-state index in [1.807, 2.05) is 18.2 Å². The Bertz CT molecular complexity index is 1090. The summed E-state index contributed by atoms with van der Waals surface area (Å²) in [6.07, 6.45) is 1.58. The van der Waals surface area contributed by atoms with E-state index in [0.717, 1.165) is 9.87 Å². The highest BCUT2D eigenvalue weighted by Gasteiger charge is 2.18. The fourth-order valence-electron chi connectivity index (χ4n) is 2.53. The van der Waals surface area contributed by atoms with Crippen LogP contribution in [-0.4, -0.2) is 42.5 Å². The minimum atomic E-state index is -3.54. The molecule has 0 spiro atoms. The van der Waals surface area contributed by atoms with Crippen LogP contribution in [0, 0.1) is 0 Å². The molecule has 0 atom stereocenters. The lowest BCUT2D eigenvalue weighted by molar-refractivity contribution is 0.102. The number of halogens is 1. The molecule has 0 saturated heterocycles. The largest absolute Gasteiger partial charge is 0.307 e. The molecule has 9 heteroatoms. The van der Waals surface area contributed by atoms with Crippen molar-refractivity contribution < 1.29 is 13.2 Å². The van der Waals surface area contributed by atoms with E-state index < -0.39 is 10.0 Å². The van der Waals surface area contributed by atoms with E-state index in [1.165, 1.54) is 38.4 Å². The Morgan fingerprint density at radius 3 is 2.43 bits per heavy atom. The SMILES string of the molecule is CN(C)S(=O)(=O)c1ccc(C(=O)Nc2ccnn2Cc2ccccc2Cl)cc1. The van der Waals surface area contributed by atoms with Crippen molar-refractivity contribution in [1.82, 2.24) is 14.1 Å². The van der Waals surface area contributed by atoms with Crippen molar-refractivity contribution in [2.24, 2.45) is 0 Å². The van der Waals surface area contributed by atoms with E-state index in [0.29, 0.717) is 22.9 Å². The molecule has 1 amide bonds. The lowest BCUT2D eigenvalue weighted by Crippen LogP contribution is -2.22. The maximum absolute atomic E-state index is 12.5. The molecule has 0 radical (unpaired) electrons. The quantitative estimate of drug-likeness (QED) is 0.666. The van der Waals surface area contributed by atoms with E-state index in [2.05, 4.69) is 10.4 Å². The highest BCUT2D eigenvalue weighted by atomic mass is 35.5. The van der Waals surface area contributed by atoms with Gasteiger partial charge < -0.3 is 5.32 Å². The second-order valence-electron chi connectivity index (χ2n) is 6.23. The number of nitrogens with zero attached hydrogens (tertiary/aromatic N) is 3. The van der Waals surface area contributed by atoms with Gasteiger partial charge in [-0.3, -0.25) is 4.79 Å². The first-order valence-corrected chi connectivity index (χ1v) is 10.2. The third-order valence-corrected chi connectivity index (χ3v) is 6.33. The van der Waals surface area contributed by atoms with E-state index in [9.17, 15) is 13.2 Å². The summed E-state index contributed by atoms with van der Waals surface area (Å²) >= 11 is 6.19. The number of nitrogens with one attached hydrogen (secondary N) is 1. The Morgan fingerprint density at radius 1 is 1.11 bits per heavy atom. The van der Waals surface area contributed by atoms with Crippen molar-refractivity contribution >= 4 is 33.3 Å². The zero-order chi connectivity index (χ0) is 20.3. The summed E-state index contributed by atoms with van der Waals surface area (Å²) in [6, 6.07) is 14.8. The highest BCUT2D eigenvalue weighted by Crippen LogP contribution is 2.19. The second-order valence-corrected chi connectivity index (χ2v) is 8.79. The molecule has 1 heterocycles. The summed E-state index contributed by atoms with van der Waals surface area (Å²) in [5.41, 5.74) is 1.21. The molecule has 0 unspecified atom stereocenters. The van der Waals surface area contributed by atoms with Gasteiger partial charge in [-0.2, -0.15) is 5.10 Å². The van der Waals surface area contributed by atoms with Crippen molar-refractivity contribution in [3.63, 3.8) is 0 Å². The monoisotopic (exact) mass is 418 g/mol. The Kier molecular flexibility index (Phi) is 5.83. The highest BCUT2D eigenvalue weighted by molar-refractivity contribution is 7.89. The number of sulfonamides is 1. The van der Waals surface area contributed by atoms with Gasteiger partial charge >= 0.3 is 0 Å². The maximum atomic E-state index is 12.5. The molecule has 1 aromatic heterocycles. The van der Waals surface area contributed by atoms with Gasteiger partial charge in [0.15, 0.2) is 0 Å². The summed E-state index contributed by atoms with van der Waals surface area (Å²) in [4.78, 5) is 12.7. The van der Waals surface area contributed by atoms with Gasteiger partial charge in [-0.05, 0) is 35.9 Å². The number of hydrogen-bond acceptors (Lipinski definition) is 4. The first-order valence-electron chi connectivity index (χ1n) is 8.38. The topological polar surface area (TPSA) is 84.3 Å². The first kappa shape index (κ1) is 20.1. The Hall–Kier alpha value is -2.68. The lowest BCUT2D eigenvalue weighted by atomic mass is 10.2. The number of aromatic nitrogens is 2. The van der Waals surface area contributed by atoms with Gasteiger partial charge in [-0.1, -0.05) is 29.8 Å². The zero-order valence-electron chi connectivity index (χ0n) is 15.3. The van der Waals surface area contributed by atoms with Gasteiger partial charge in [-0.25, -0.2) is 17.4 Å². The van der Waals surface area contributed by atoms with Crippen LogP contribution in [0.4, 0.5) is 5.82 Å². The fraction of sp³-hybridized carbons (Fsp3) is 0.158. The van der Waals surface area contributed by atoms with Gasteiger partial charge in [0.05, 0.1) is 17.6 Å². The molecule has 1 N–H and O–H groups in total. The summed E-state index contributed by atoms with van der Waals surface area (Å²) in [5.74, 6) is 0.143. The van der Waals surface area contributed by atoms with E-state index in [4.69, 9.17) is 11.6 Å². The molecular weight excluding hydrogens is 400 g/mol. The van der Waals surface area contributed by atoms with Crippen LogP contribution in [0.3, 0.4) is 0 Å². The van der Waals surface area contributed by atoms with Crippen LogP contribution in [0.1, 0.15) is 15.9 Å². The predicted octanol–water partition coefficient (Wildman–Crippen LogP) is 3.09. The Labute approximate surface area is 168 Å². The van der Waals surface area contributed by atoms with Crippen molar-refractivity contribution in [3.8, 4) is 0 Å². The number of benzene rings is 2. The van der Waals surface area contributed by atoms with Crippen LogP contribution in [0.25, 0.3) is 0 Å². The summed E-state index contributed by atoms with van der Waals surface area (Å²) < 4.78 is 27.0. The molecular formula is C19H19ClN4O3S. The predicted molar refractivity (Wildman–Crippen MR) is 108 cm³/mol. The van der Waals surface area contributed by atoms with Crippen LogP contribution in [0.5, 0.6) is 0 Å². The van der Waals surface area contributed by atoms with Gasteiger partial charge in [0.25, 0.3) is 5.91 Å². The van der Waals surface area contributed by atoms with Crippen LogP contribution in [0.2, 0.25) is 5.02 Å². The molecule has 2 aromatic carbocycles. The standard InChI is InChI=1S/C19H19ClN4O3S/c1-23(2)28(26,27)16-9-7-14(8-10-16)19(25)22-18-11-12-21-24(18)13-15-5-3-4-6-17(15)20/h3-12H,13H2,1-2H3,(H,22,25). The van der Waals surface area contributed by atoms with Crippen molar-refractivity contribution in [3.05, 3.63) is 76.9 Å². The first-order chi connectivity index (χ1) is 13.3.